The van der Waals surface area contributed by atoms with Crippen molar-refractivity contribution in [1.29, 1.82) is 0 Å². The number of primary amides is 1. The first kappa shape index (κ1) is 18.3. The van der Waals surface area contributed by atoms with E-state index in [0.717, 1.165) is 0 Å². The highest BCUT2D eigenvalue weighted by molar-refractivity contribution is 6.03. The van der Waals surface area contributed by atoms with Gasteiger partial charge < -0.3 is 11.1 Å². The first-order valence-electron chi connectivity index (χ1n) is 8.55. The van der Waals surface area contributed by atoms with E-state index in [-0.39, 0.29) is 17.0 Å². The van der Waals surface area contributed by atoms with Crippen LogP contribution >= 0.6 is 0 Å². The molecule has 7 heteroatoms. The summed E-state index contributed by atoms with van der Waals surface area (Å²) < 4.78 is 1.33. The van der Waals surface area contributed by atoms with E-state index in [1.165, 1.54) is 17.0 Å². The van der Waals surface area contributed by atoms with E-state index in [1.807, 2.05) is 13.8 Å². The lowest BCUT2D eigenvalue weighted by molar-refractivity contribution is -0.120. The summed E-state index contributed by atoms with van der Waals surface area (Å²) in [5, 5.41) is 3.16. The van der Waals surface area contributed by atoms with Gasteiger partial charge in [0.15, 0.2) is 0 Å². The number of nitrogens with zero attached hydrogens (tertiary/aromatic N) is 2. The van der Waals surface area contributed by atoms with E-state index >= 15 is 0 Å². The Morgan fingerprint density at radius 3 is 2.44 bits per heavy atom. The summed E-state index contributed by atoms with van der Waals surface area (Å²) in [6.45, 7) is 3.68. The van der Waals surface area contributed by atoms with Gasteiger partial charge >= 0.3 is 0 Å². The predicted octanol–water partition coefficient (Wildman–Crippen LogP) is 2.33. The van der Waals surface area contributed by atoms with Crippen LogP contribution in [-0.2, 0) is 4.79 Å². The minimum absolute atomic E-state index is 0.189. The number of carbonyl (C=O) groups excluding carboxylic acids is 2. The van der Waals surface area contributed by atoms with Crippen LogP contribution in [0.15, 0.2) is 59.7 Å². The molecule has 0 fully saturated rings. The molecule has 2 amide bonds. The molecule has 27 heavy (non-hydrogen) atoms. The van der Waals surface area contributed by atoms with Crippen LogP contribution < -0.4 is 16.6 Å². The highest BCUT2D eigenvalue weighted by atomic mass is 16.2. The maximum Gasteiger partial charge on any atom is 0.261 e. The smallest absolute Gasteiger partial charge is 0.261 e. The zero-order valence-electron chi connectivity index (χ0n) is 15.0. The van der Waals surface area contributed by atoms with Crippen LogP contribution in [0.3, 0.4) is 0 Å². The molecule has 0 aliphatic heterocycles. The quantitative estimate of drug-likeness (QED) is 0.724. The average molecular weight is 364 g/mol. The van der Waals surface area contributed by atoms with E-state index in [0.29, 0.717) is 16.6 Å². The number of aromatic nitrogens is 2. The monoisotopic (exact) mass is 364 g/mol. The van der Waals surface area contributed by atoms with Gasteiger partial charge in [0, 0.05) is 0 Å². The third-order valence-corrected chi connectivity index (χ3v) is 4.34. The maximum atomic E-state index is 13.0. The number of anilines is 1. The Bertz CT molecular complexity index is 1070. The van der Waals surface area contributed by atoms with Crippen LogP contribution in [0.4, 0.5) is 5.69 Å². The number of hydrogen-bond donors (Lipinski definition) is 2. The molecule has 0 saturated heterocycles. The molecular weight excluding hydrogens is 344 g/mol. The van der Waals surface area contributed by atoms with Gasteiger partial charge in [-0.05, 0) is 30.2 Å². The lowest BCUT2D eigenvalue weighted by Gasteiger charge is -2.23. The molecular formula is C20H20N4O3. The number of nitrogens with two attached hydrogens (primary N) is 1. The number of benzene rings is 2. The van der Waals surface area contributed by atoms with Crippen LogP contribution in [-0.4, -0.2) is 21.4 Å². The number of nitrogens with one attached hydrogen (secondary N) is 1. The third kappa shape index (κ3) is 3.57. The standard InChI is InChI=1S/C20H20N4O3/c1-12(2)17(19(26)23-16-10-6-3-7-13(16)18(21)25)24-11-22-15-9-5-4-8-14(15)20(24)27/h3-12,17H,1-2H3,(H2,21,25)(H,23,26). The second-order valence-electron chi connectivity index (χ2n) is 6.56. The summed E-state index contributed by atoms with van der Waals surface area (Å²) >= 11 is 0. The van der Waals surface area contributed by atoms with Crippen LogP contribution in [0.2, 0.25) is 0 Å². The molecule has 1 atom stereocenters. The number of rotatable bonds is 5. The Hall–Kier alpha value is -3.48. The fourth-order valence-corrected chi connectivity index (χ4v) is 3.05. The van der Waals surface area contributed by atoms with Gasteiger partial charge in [-0.15, -0.1) is 0 Å². The molecule has 0 aliphatic carbocycles. The average Bonchev–Trinajstić information content (AvgIpc) is 2.64. The third-order valence-electron chi connectivity index (χ3n) is 4.34. The molecule has 0 saturated carbocycles. The molecule has 1 unspecified atom stereocenters. The number of carbonyl (C=O) groups is 2. The summed E-state index contributed by atoms with van der Waals surface area (Å²) in [6, 6.07) is 12.7. The number of fused-ring (bicyclic) bond motifs is 1. The van der Waals surface area contributed by atoms with Gasteiger partial charge in [0.1, 0.15) is 6.04 Å². The van der Waals surface area contributed by atoms with E-state index < -0.39 is 17.9 Å². The minimum Gasteiger partial charge on any atom is -0.366 e. The van der Waals surface area contributed by atoms with Crippen molar-refractivity contribution >= 4 is 28.4 Å². The van der Waals surface area contributed by atoms with Gasteiger partial charge in [0.2, 0.25) is 5.91 Å². The molecule has 3 aromatic rings. The fraction of sp³-hybridized carbons (Fsp3) is 0.200. The van der Waals surface area contributed by atoms with Crippen molar-refractivity contribution in [3.63, 3.8) is 0 Å². The van der Waals surface area contributed by atoms with Crippen LogP contribution in [0.5, 0.6) is 0 Å². The number of hydrogen-bond acceptors (Lipinski definition) is 4. The Balaban J connectivity index is 2.02. The molecule has 0 bridgehead atoms. The van der Waals surface area contributed by atoms with Crippen molar-refractivity contribution in [2.24, 2.45) is 11.7 Å². The highest BCUT2D eigenvalue weighted by Gasteiger charge is 2.27. The molecule has 1 aromatic heterocycles. The molecule has 138 valence electrons. The van der Waals surface area contributed by atoms with E-state index in [9.17, 15) is 14.4 Å². The molecule has 3 N–H and O–H groups in total. The molecule has 1 heterocycles. The second-order valence-corrected chi connectivity index (χ2v) is 6.56. The van der Waals surface area contributed by atoms with Crippen molar-refractivity contribution in [2.45, 2.75) is 19.9 Å². The van der Waals surface area contributed by atoms with Gasteiger partial charge in [-0.2, -0.15) is 0 Å². The Kier molecular flexibility index (Phi) is 5.03. The number of amides is 2. The van der Waals surface area contributed by atoms with Crippen LogP contribution in [0.1, 0.15) is 30.2 Å². The topological polar surface area (TPSA) is 107 Å². The van der Waals surface area contributed by atoms with Crippen molar-refractivity contribution in [2.75, 3.05) is 5.32 Å². The summed E-state index contributed by atoms with van der Waals surface area (Å²) in [6.07, 6.45) is 1.38. The van der Waals surface area contributed by atoms with E-state index in [2.05, 4.69) is 10.3 Å². The summed E-state index contributed by atoms with van der Waals surface area (Å²) in [7, 11) is 0. The van der Waals surface area contributed by atoms with Gasteiger partial charge in [0.05, 0.1) is 28.5 Å². The van der Waals surface area contributed by atoms with Crippen LogP contribution in [0, 0.1) is 5.92 Å². The first-order chi connectivity index (χ1) is 12.9. The van der Waals surface area contributed by atoms with E-state index in [1.54, 1.807) is 42.5 Å². The summed E-state index contributed by atoms with van der Waals surface area (Å²) in [4.78, 5) is 41.7. The lowest BCUT2D eigenvalue weighted by Crippen LogP contribution is -2.37. The Morgan fingerprint density at radius 2 is 1.74 bits per heavy atom. The molecule has 0 radical (unpaired) electrons. The Labute approximate surface area is 155 Å². The summed E-state index contributed by atoms with van der Waals surface area (Å²) in [5.41, 5.74) is 6.16. The van der Waals surface area contributed by atoms with Gasteiger partial charge in [-0.1, -0.05) is 38.1 Å². The Morgan fingerprint density at radius 1 is 1.07 bits per heavy atom. The predicted molar refractivity (Wildman–Crippen MR) is 103 cm³/mol. The lowest BCUT2D eigenvalue weighted by atomic mass is 10.0. The summed E-state index contributed by atoms with van der Waals surface area (Å²) in [5.74, 6) is -1.25. The zero-order chi connectivity index (χ0) is 19.6. The number of para-hydroxylation sites is 2. The minimum atomic E-state index is -0.796. The maximum absolute atomic E-state index is 13.0. The highest BCUT2D eigenvalue weighted by Crippen LogP contribution is 2.21. The van der Waals surface area contributed by atoms with Crippen molar-refractivity contribution < 1.29 is 9.59 Å². The van der Waals surface area contributed by atoms with Gasteiger partial charge in [-0.3, -0.25) is 19.0 Å². The molecule has 7 nitrogen and oxygen atoms in total. The van der Waals surface area contributed by atoms with Crippen molar-refractivity contribution in [1.82, 2.24) is 9.55 Å². The molecule has 0 aliphatic rings. The second kappa shape index (κ2) is 7.41. The van der Waals surface area contributed by atoms with E-state index in [4.69, 9.17) is 5.73 Å². The SMILES string of the molecule is CC(C)C(C(=O)Nc1ccccc1C(N)=O)n1cnc2ccccc2c1=O. The van der Waals surface area contributed by atoms with Crippen LogP contribution in [0.25, 0.3) is 10.9 Å². The van der Waals surface area contributed by atoms with Gasteiger partial charge in [-0.25, -0.2) is 4.98 Å². The fourth-order valence-electron chi connectivity index (χ4n) is 3.05. The van der Waals surface area contributed by atoms with Gasteiger partial charge in [0.25, 0.3) is 11.5 Å². The molecule has 2 aromatic carbocycles. The van der Waals surface area contributed by atoms with Crippen molar-refractivity contribution in [3.8, 4) is 0 Å². The normalized spacial score (nSPS) is 12.1. The largest absolute Gasteiger partial charge is 0.366 e. The molecule has 0 spiro atoms. The first-order valence-corrected chi connectivity index (χ1v) is 8.55. The molecule has 3 rings (SSSR count). The van der Waals surface area contributed by atoms with Crippen molar-refractivity contribution in [3.05, 3.63) is 70.8 Å². The zero-order valence-corrected chi connectivity index (χ0v) is 15.0.